The van der Waals surface area contributed by atoms with Gasteiger partial charge in [-0.15, -0.1) is 13.2 Å². The van der Waals surface area contributed by atoms with Crippen LogP contribution in [0.25, 0.3) is 22.3 Å². The summed E-state index contributed by atoms with van der Waals surface area (Å²) in [5.41, 5.74) is -1.58. The molecule has 0 bridgehead atoms. The van der Waals surface area contributed by atoms with Gasteiger partial charge in [-0.25, -0.2) is 4.79 Å². The molecule has 0 spiro atoms. The maximum Gasteiger partial charge on any atom is 0.573 e. The Bertz CT molecular complexity index is 1290. The second-order valence-corrected chi connectivity index (χ2v) is 9.30. The molecule has 0 fully saturated rings. The number of rotatable bonds is 12. The number of ether oxygens (including phenoxy) is 3. The highest BCUT2D eigenvalue weighted by atomic mass is 19.4. The highest BCUT2D eigenvalue weighted by Gasteiger charge is 2.53. The molecule has 0 saturated heterocycles. The SMILES string of the molecule is C=CC(=O)OCC(C)(COc1ccc2cc(-c3ccc(CCCCC)cc3OC(F)(F)F)oc2c1)C(F)(F)F. The van der Waals surface area contributed by atoms with Crippen LogP contribution in [0.2, 0.25) is 0 Å². The number of fused-ring (bicyclic) bond motifs is 1. The van der Waals surface area contributed by atoms with Crippen LogP contribution in [-0.2, 0) is 16.0 Å². The molecular weight excluding hydrogens is 530 g/mol. The highest BCUT2D eigenvalue weighted by molar-refractivity contribution is 5.85. The van der Waals surface area contributed by atoms with Crippen molar-refractivity contribution >= 4 is 16.9 Å². The Balaban J connectivity index is 1.86. The minimum absolute atomic E-state index is 0.0203. The lowest BCUT2D eigenvalue weighted by molar-refractivity contribution is -0.274. The number of aryl methyl sites for hydroxylation is 1. The molecule has 1 unspecified atom stereocenters. The van der Waals surface area contributed by atoms with Crippen molar-refractivity contribution in [1.29, 1.82) is 0 Å². The summed E-state index contributed by atoms with van der Waals surface area (Å²) < 4.78 is 100. The van der Waals surface area contributed by atoms with Crippen LogP contribution >= 0.6 is 0 Å². The lowest BCUT2D eigenvalue weighted by Crippen LogP contribution is -2.44. The van der Waals surface area contributed by atoms with Crippen LogP contribution in [0.4, 0.5) is 26.3 Å². The van der Waals surface area contributed by atoms with Gasteiger partial charge >= 0.3 is 18.5 Å². The van der Waals surface area contributed by atoms with E-state index in [0.29, 0.717) is 17.4 Å². The number of furan rings is 1. The summed E-state index contributed by atoms with van der Waals surface area (Å²) in [7, 11) is 0. The topological polar surface area (TPSA) is 57.9 Å². The van der Waals surface area contributed by atoms with Crippen molar-refractivity contribution in [2.75, 3.05) is 13.2 Å². The number of esters is 1. The number of carbonyl (C=O) groups is 1. The predicted molar refractivity (Wildman–Crippen MR) is 132 cm³/mol. The maximum atomic E-state index is 13.7. The first-order valence-electron chi connectivity index (χ1n) is 12.2. The summed E-state index contributed by atoms with van der Waals surface area (Å²) in [6.07, 6.45) is -5.61. The molecule has 0 aliphatic carbocycles. The van der Waals surface area contributed by atoms with E-state index in [1.807, 2.05) is 6.92 Å². The zero-order chi connectivity index (χ0) is 28.8. The van der Waals surface area contributed by atoms with Gasteiger partial charge in [-0.05, 0) is 55.7 Å². The largest absolute Gasteiger partial charge is 0.573 e. The lowest BCUT2D eigenvalue weighted by Gasteiger charge is -2.31. The van der Waals surface area contributed by atoms with E-state index >= 15 is 0 Å². The predicted octanol–water partition coefficient (Wildman–Crippen LogP) is 8.41. The zero-order valence-electron chi connectivity index (χ0n) is 21.4. The fraction of sp³-hybridized carbons (Fsp3) is 0.393. The van der Waals surface area contributed by atoms with Crippen molar-refractivity contribution < 1.29 is 49.8 Å². The average molecular weight is 559 g/mol. The van der Waals surface area contributed by atoms with Crippen LogP contribution in [0, 0.1) is 5.41 Å². The molecule has 3 aromatic rings. The van der Waals surface area contributed by atoms with E-state index in [0.717, 1.165) is 32.3 Å². The molecule has 212 valence electrons. The third-order valence-electron chi connectivity index (χ3n) is 6.04. The van der Waals surface area contributed by atoms with Crippen molar-refractivity contribution in [2.45, 2.75) is 52.1 Å². The molecule has 3 rings (SSSR count). The Morgan fingerprint density at radius 1 is 1.00 bits per heavy atom. The molecule has 0 aliphatic heterocycles. The summed E-state index contributed by atoms with van der Waals surface area (Å²) in [5, 5.41) is 0.487. The molecule has 0 N–H and O–H groups in total. The van der Waals surface area contributed by atoms with E-state index in [1.54, 1.807) is 6.07 Å². The number of hydrogen-bond acceptors (Lipinski definition) is 5. The standard InChI is InChI=1S/C28H28F6O5/c1-4-6-7-8-18-9-12-21(24(13-18)39-28(32,33)34)23-14-19-10-11-20(15-22(19)38-23)36-16-26(3,27(29,30)31)17-37-25(35)5-2/h5,9-15H,2,4,6-8,16-17H2,1,3H3. The Kier molecular flexibility index (Phi) is 9.24. The highest BCUT2D eigenvalue weighted by Crippen LogP contribution is 2.41. The number of carbonyl (C=O) groups excluding carboxylic acids is 1. The first kappa shape index (κ1) is 29.9. The Morgan fingerprint density at radius 3 is 2.38 bits per heavy atom. The van der Waals surface area contributed by atoms with E-state index in [2.05, 4.69) is 16.1 Å². The van der Waals surface area contributed by atoms with Crippen molar-refractivity contribution in [3.63, 3.8) is 0 Å². The fourth-order valence-electron chi connectivity index (χ4n) is 3.69. The van der Waals surface area contributed by atoms with Crippen LogP contribution in [0.15, 0.2) is 59.5 Å². The minimum atomic E-state index is -4.92. The Hall–Kier alpha value is -3.63. The van der Waals surface area contributed by atoms with Gasteiger partial charge in [0.05, 0.1) is 5.56 Å². The van der Waals surface area contributed by atoms with Crippen LogP contribution < -0.4 is 9.47 Å². The van der Waals surface area contributed by atoms with Gasteiger partial charge in [-0.1, -0.05) is 32.4 Å². The van der Waals surface area contributed by atoms with Crippen molar-refractivity contribution in [2.24, 2.45) is 5.41 Å². The van der Waals surface area contributed by atoms with Gasteiger partial charge < -0.3 is 18.6 Å². The zero-order valence-corrected chi connectivity index (χ0v) is 21.4. The molecule has 0 amide bonds. The smallest absolute Gasteiger partial charge is 0.492 e. The number of halogens is 6. The van der Waals surface area contributed by atoms with Gasteiger partial charge in [0.1, 0.15) is 41.5 Å². The first-order chi connectivity index (χ1) is 18.2. The quantitative estimate of drug-likeness (QED) is 0.0967. The van der Waals surface area contributed by atoms with Crippen LogP contribution in [0.3, 0.4) is 0 Å². The van der Waals surface area contributed by atoms with E-state index in [1.165, 1.54) is 36.4 Å². The second kappa shape index (κ2) is 12.0. The number of unbranched alkanes of at least 4 members (excludes halogenated alkanes) is 2. The molecule has 1 atom stereocenters. The van der Waals surface area contributed by atoms with Crippen LogP contribution in [0.1, 0.15) is 38.7 Å². The van der Waals surface area contributed by atoms with Gasteiger partial charge in [-0.3, -0.25) is 0 Å². The molecule has 39 heavy (non-hydrogen) atoms. The van der Waals surface area contributed by atoms with E-state index in [-0.39, 0.29) is 22.7 Å². The van der Waals surface area contributed by atoms with Gasteiger partial charge in [-0.2, -0.15) is 13.2 Å². The van der Waals surface area contributed by atoms with Crippen LogP contribution in [0.5, 0.6) is 11.5 Å². The molecule has 2 aromatic carbocycles. The van der Waals surface area contributed by atoms with Gasteiger partial charge in [0.25, 0.3) is 0 Å². The summed E-state index contributed by atoms with van der Waals surface area (Å²) in [4.78, 5) is 11.3. The van der Waals surface area contributed by atoms with Gasteiger partial charge in [0.15, 0.2) is 0 Å². The summed E-state index contributed by atoms with van der Waals surface area (Å²) in [6, 6.07) is 10.3. The van der Waals surface area contributed by atoms with Gasteiger partial charge in [0.2, 0.25) is 0 Å². The molecule has 0 aliphatic rings. The third-order valence-corrected chi connectivity index (χ3v) is 6.04. The molecule has 11 heteroatoms. The normalized spacial score (nSPS) is 13.6. The molecule has 0 radical (unpaired) electrons. The van der Waals surface area contributed by atoms with Crippen molar-refractivity contribution in [3.8, 4) is 22.8 Å². The summed E-state index contributed by atoms with van der Waals surface area (Å²) in [5.74, 6) is -1.31. The molecule has 5 nitrogen and oxygen atoms in total. The van der Waals surface area contributed by atoms with E-state index in [9.17, 15) is 31.1 Å². The van der Waals surface area contributed by atoms with Crippen molar-refractivity contribution in [1.82, 2.24) is 0 Å². The summed E-state index contributed by atoms with van der Waals surface area (Å²) in [6.45, 7) is 4.17. The number of alkyl halides is 6. The average Bonchev–Trinajstić information content (AvgIpc) is 3.27. The number of benzene rings is 2. The van der Waals surface area contributed by atoms with E-state index < -0.39 is 42.9 Å². The minimum Gasteiger partial charge on any atom is -0.492 e. The summed E-state index contributed by atoms with van der Waals surface area (Å²) >= 11 is 0. The third kappa shape index (κ3) is 7.93. The van der Waals surface area contributed by atoms with E-state index in [4.69, 9.17) is 9.15 Å². The Morgan fingerprint density at radius 2 is 1.74 bits per heavy atom. The first-order valence-corrected chi connectivity index (χ1v) is 12.2. The lowest BCUT2D eigenvalue weighted by atomic mass is 9.92. The molecule has 1 heterocycles. The molecule has 0 saturated carbocycles. The fourth-order valence-corrected chi connectivity index (χ4v) is 3.69. The van der Waals surface area contributed by atoms with Crippen LogP contribution in [-0.4, -0.2) is 31.7 Å². The van der Waals surface area contributed by atoms with Gasteiger partial charge in [0, 0.05) is 17.5 Å². The molecular formula is C28H28F6O5. The number of hydrogen-bond donors (Lipinski definition) is 0. The Labute approximate surface area is 221 Å². The molecule has 1 aromatic heterocycles. The monoisotopic (exact) mass is 558 g/mol. The second-order valence-electron chi connectivity index (χ2n) is 9.30. The van der Waals surface area contributed by atoms with Crippen molar-refractivity contribution in [3.05, 3.63) is 60.7 Å². The maximum absolute atomic E-state index is 13.7.